The number of rotatable bonds is 3. The third kappa shape index (κ3) is 3.19. The number of hydrogen-bond acceptors (Lipinski definition) is 2. The van der Waals surface area contributed by atoms with Crippen LogP contribution in [-0.2, 0) is 0 Å². The molecule has 0 amide bonds. The third-order valence-corrected chi connectivity index (χ3v) is 4.10. The van der Waals surface area contributed by atoms with Crippen LogP contribution in [0.1, 0.15) is 23.7 Å². The summed E-state index contributed by atoms with van der Waals surface area (Å²) in [7, 11) is 0. The predicted octanol–water partition coefficient (Wildman–Crippen LogP) is 4.58. The molecule has 0 unspecified atom stereocenters. The van der Waals surface area contributed by atoms with Crippen LogP contribution in [0.25, 0.3) is 5.69 Å². The van der Waals surface area contributed by atoms with Gasteiger partial charge in [-0.2, -0.15) is 0 Å². The smallest absolute Gasteiger partial charge is 0.280 e. The van der Waals surface area contributed by atoms with Crippen LogP contribution in [0.3, 0.4) is 0 Å². The Morgan fingerprint density at radius 1 is 1.04 bits per heavy atom. The minimum absolute atomic E-state index is 0.105. The second-order valence-corrected chi connectivity index (χ2v) is 6.20. The van der Waals surface area contributed by atoms with E-state index in [1.807, 2.05) is 57.2 Å². The van der Waals surface area contributed by atoms with Crippen LogP contribution in [-0.4, -0.2) is 15.5 Å². The molecule has 0 saturated heterocycles. The summed E-state index contributed by atoms with van der Waals surface area (Å²) in [6.07, 6.45) is 0. The number of halogens is 1. The summed E-state index contributed by atoms with van der Waals surface area (Å²) >= 11 is 5.89. The van der Waals surface area contributed by atoms with Crippen LogP contribution in [0, 0.1) is 13.8 Å². The van der Waals surface area contributed by atoms with Gasteiger partial charge >= 0.3 is 0 Å². The van der Waals surface area contributed by atoms with Gasteiger partial charge in [-0.05, 0) is 57.2 Å². The lowest BCUT2D eigenvalue weighted by atomic mass is 10.1. The Balaban J connectivity index is 2.04. The minimum atomic E-state index is -0.105. The fourth-order valence-corrected chi connectivity index (χ4v) is 2.74. The Morgan fingerprint density at radius 2 is 1.67 bits per heavy atom. The van der Waals surface area contributed by atoms with E-state index in [1.54, 1.807) is 16.8 Å². The molecule has 4 nitrogen and oxygen atoms in total. The molecule has 1 N–H and O–H groups in total. The summed E-state index contributed by atoms with van der Waals surface area (Å²) in [6, 6.07) is 15.0. The van der Waals surface area contributed by atoms with Crippen LogP contribution < -0.4 is 5.56 Å². The molecule has 0 spiro atoms. The van der Waals surface area contributed by atoms with Crippen molar-refractivity contribution in [2.24, 2.45) is 4.99 Å². The zero-order chi connectivity index (χ0) is 17.3. The highest BCUT2D eigenvalue weighted by Crippen LogP contribution is 2.18. The van der Waals surface area contributed by atoms with Gasteiger partial charge in [0.2, 0.25) is 0 Å². The molecule has 24 heavy (non-hydrogen) atoms. The molecule has 5 heteroatoms. The first kappa shape index (κ1) is 16.3. The zero-order valence-electron chi connectivity index (χ0n) is 13.8. The number of aromatic amines is 1. The van der Waals surface area contributed by atoms with Gasteiger partial charge in [-0.25, -0.2) is 4.68 Å². The largest absolute Gasteiger partial charge is 0.295 e. The van der Waals surface area contributed by atoms with Gasteiger partial charge in [0.1, 0.15) is 0 Å². The average molecular weight is 340 g/mol. The summed E-state index contributed by atoms with van der Waals surface area (Å²) in [5, 5.41) is 3.79. The van der Waals surface area contributed by atoms with E-state index in [9.17, 15) is 4.79 Å². The lowest BCUT2D eigenvalue weighted by Crippen LogP contribution is -2.19. The van der Waals surface area contributed by atoms with Crippen molar-refractivity contribution in [3.05, 3.63) is 80.7 Å². The second kappa shape index (κ2) is 6.49. The van der Waals surface area contributed by atoms with Gasteiger partial charge in [0.15, 0.2) is 0 Å². The van der Waals surface area contributed by atoms with Gasteiger partial charge < -0.3 is 0 Å². The summed E-state index contributed by atoms with van der Waals surface area (Å²) in [6.45, 7) is 5.73. The number of aromatic nitrogens is 2. The fraction of sp³-hybridized carbons (Fsp3) is 0.158. The van der Waals surface area contributed by atoms with Crippen molar-refractivity contribution >= 4 is 23.0 Å². The molecule has 0 fully saturated rings. The maximum absolute atomic E-state index is 12.8. The third-order valence-electron chi connectivity index (χ3n) is 3.85. The Morgan fingerprint density at radius 3 is 2.29 bits per heavy atom. The predicted molar refractivity (Wildman–Crippen MR) is 99.2 cm³/mol. The van der Waals surface area contributed by atoms with Crippen molar-refractivity contribution in [2.75, 3.05) is 0 Å². The number of hydrogen-bond donors (Lipinski definition) is 1. The van der Waals surface area contributed by atoms with Crippen LogP contribution in [0.4, 0.5) is 5.69 Å². The first-order valence-corrected chi connectivity index (χ1v) is 8.03. The topological polar surface area (TPSA) is 50.1 Å². The molecule has 0 aliphatic carbocycles. The zero-order valence-corrected chi connectivity index (χ0v) is 14.6. The van der Waals surface area contributed by atoms with Gasteiger partial charge in [0.25, 0.3) is 5.56 Å². The number of benzene rings is 2. The second-order valence-electron chi connectivity index (χ2n) is 5.76. The molecule has 0 saturated carbocycles. The lowest BCUT2D eigenvalue weighted by Gasteiger charge is -2.01. The molecule has 1 heterocycles. The molecule has 3 rings (SSSR count). The number of H-pyrrole nitrogens is 1. The molecule has 0 aliphatic heterocycles. The highest BCUT2D eigenvalue weighted by molar-refractivity contribution is 6.30. The quantitative estimate of drug-likeness (QED) is 0.698. The Labute approximate surface area is 145 Å². The summed E-state index contributed by atoms with van der Waals surface area (Å²) in [5.41, 5.74) is 4.66. The van der Waals surface area contributed by atoms with Crippen LogP contribution in [0.5, 0.6) is 0 Å². The van der Waals surface area contributed by atoms with E-state index < -0.39 is 0 Å². The first-order valence-electron chi connectivity index (χ1n) is 7.65. The minimum Gasteiger partial charge on any atom is -0.295 e. The van der Waals surface area contributed by atoms with E-state index in [1.165, 1.54) is 0 Å². The van der Waals surface area contributed by atoms with Crippen LogP contribution in [0.15, 0.2) is 58.3 Å². The van der Waals surface area contributed by atoms with E-state index in [0.717, 1.165) is 22.6 Å². The fourth-order valence-electron chi connectivity index (χ4n) is 2.61. The van der Waals surface area contributed by atoms with E-state index in [2.05, 4.69) is 10.1 Å². The first-order chi connectivity index (χ1) is 11.5. The monoisotopic (exact) mass is 339 g/mol. The van der Waals surface area contributed by atoms with Crippen molar-refractivity contribution < 1.29 is 0 Å². The molecule has 122 valence electrons. The molecule has 1 aromatic heterocycles. The molecule has 0 atom stereocenters. The van der Waals surface area contributed by atoms with Crippen LogP contribution >= 0.6 is 11.6 Å². The van der Waals surface area contributed by atoms with E-state index in [0.29, 0.717) is 16.3 Å². The highest BCUT2D eigenvalue weighted by atomic mass is 35.5. The summed E-state index contributed by atoms with van der Waals surface area (Å²) in [5.74, 6) is 0. The van der Waals surface area contributed by atoms with Crippen molar-refractivity contribution in [1.29, 1.82) is 0 Å². The highest BCUT2D eigenvalue weighted by Gasteiger charge is 2.15. The van der Waals surface area contributed by atoms with Gasteiger partial charge in [-0.1, -0.05) is 29.3 Å². The number of aryl methyl sites for hydroxylation is 2. The van der Waals surface area contributed by atoms with E-state index in [-0.39, 0.29) is 5.56 Å². The van der Waals surface area contributed by atoms with Gasteiger partial charge in [-0.3, -0.25) is 14.9 Å². The summed E-state index contributed by atoms with van der Waals surface area (Å²) < 4.78 is 1.55. The molecular weight excluding hydrogens is 322 g/mol. The van der Waals surface area contributed by atoms with Crippen molar-refractivity contribution in [2.45, 2.75) is 20.8 Å². The van der Waals surface area contributed by atoms with Crippen molar-refractivity contribution in [1.82, 2.24) is 9.78 Å². The SMILES string of the molecule is CC(=Nc1ccc(Cl)cc1)c1c(C)[nH]n(-c2ccc(C)cc2)c1=O. The average Bonchev–Trinajstić information content (AvgIpc) is 2.85. The standard InChI is InChI=1S/C19H18ClN3O/c1-12-4-10-17(11-5-12)23-19(24)18(14(3)22-23)13(2)21-16-8-6-15(20)7-9-16/h4-11,22H,1-3H3. The Hall–Kier alpha value is -2.59. The molecule has 0 aliphatic rings. The molecular formula is C19H18ClN3O. The maximum Gasteiger partial charge on any atom is 0.280 e. The lowest BCUT2D eigenvalue weighted by molar-refractivity contribution is 0.835. The van der Waals surface area contributed by atoms with E-state index in [4.69, 9.17) is 11.6 Å². The number of aliphatic imine (C=N–C) groups is 1. The Kier molecular flexibility index (Phi) is 4.40. The van der Waals surface area contributed by atoms with Crippen molar-refractivity contribution in [3.63, 3.8) is 0 Å². The Bertz CT molecular complexity index is 948. The summed E-state index contributed by atoms with van der Waals surface area (Å²) in [4.78, 5) is 17.3. The van der Waals surface area contributed by atoms with Crippen LogP contribution in [0.2, 0.25) is 5.02 Å². The normalized spacial score (nSPS) is 11.8. The van der Waals surface area contributed by atoms with Gasteiger partial charge in [-0.15, -0.1) is 0 Å². The molecule has 2 aromatic carbocycles. The number of nitrogens with zero attached hydrogens (tertiary/aromatic N) is 2. The van der Waals surface area contributed by atoms with Crippen molar-refractivity contribution in [3.8, 4) is 5.69 Å². The number of nitrogens with one attached hydrogen (secondary N) is 1. The van der Waals surface area contributed by atoms with Gasteiger partial charge in [0, 0.05) is 10.7 Å². The van der Waals surface area contributed by atoms with E-state index >= 15 is 0 Å². The molecule has 3 aromatic rings. The van der Waals surface area contributed by atoms with Gasteiger partial charge in [0.05, 0.1) is 22.6 Å². The molecule has 0 radical (unpaired) electrons. The molecule has 0 bridgehead atoms. The maximum atomic E-state index is 12.8.